The monoisotopic (exact) mass is 443 g/mol. The topological polar surface area (TPSA) is 59.1 Å². The summed E-state index contributed by atoms with van der Waals surface area (Å²) >= 11 is 9.12. The molecule has 2 aromatic heterocycles. The molecule has 5 nitrogen and oxygen atoms in total. The molecule has 2 aromatic carbocycles. The molecule has 0 aliphatic rings. The van der Waals surface area contributed by atoms with Crippen molar-refractivity contribution in [2.45, 2.75) is 0 Å². The molecular weight excluding hydrogens is 426 g/mol. The van der Waals surface area contributed by atoms with E-state index in [1.165, 1.54) is 22.7 Å². The summed E-state index contributed by atoms with van der Waals surface area (Å²) in [5.41, 5.74) is 1.57. The van der Waals surface area contributed by atoms with E-state index in [9.17, 15) is 5.11 Å². The Labute approximate surface area is 180 Å². The lowest BCUT2D eigenvalue weighted by Crippen LogP contribution is -2.13. The van der Waals surface area contributed by atoms with Crippen LogP contribution in [0, 0.1) is 0 Å². The molecule has 4 rings (SSSR count). The molecule has 1 N–H and O–H groups in total. The highest BCUT2D eigenvalue weighted by Gasteiger charge is 2.11. The van der Waals surface area contributed by atoms with E-state index in [1.807, 2.05) is 47.8 Å². The number of ether oxygens (including phenoxy) is 1. The molecule has 0 spiro atoms. The van der Waals surface area contributed by atoms with E-state index in [0.29, 0.717) is 23.1 Å². The quantitative estimate of drug-likeness (QED) is 0.328. The lowest BCUT2D eigenvalue weighted by atomic mass is 10.0. The second-order valence-electron chi connectivity index (χ2n) is 6.16. The van der Waals surface area contributed by atoms with Gasteiger partial charge < -0.3 is 9.84 Å². The number of thiazole rings is 1. The van der Waals surface area contributed by atoms with E-state index < -0.39 is 0 Å². The van der Waals surface area contributed by atoms with E-state index in [0.717, 1.165) is 26.1 Å². The van der Waals surface area contributed by atoms with Gasteiger partial charge in [-0.15, -0.1) is 22.7 Å². The van der Waals surface area contributed by atoms with Gasteiger partial charge in [0.15, 0.2) is 0 Å². The van der Waals surface area contributed by atoms with Crippen molar-refractivity contribution in [3.63, 3.8) is 0 Å². The molecule has 0 fully saturated rings. The molecule has 4 aromatic rings. The molecule has 0 amide bonds. The van der Waals surface area contributed by atoms with Gasteiger partial charge in [0.25, 0.3) is 0 Å². The van der Waals surface area contributed by atoms with Crippen molar-refractivity contribution >= 4 is 51.3 Å². The van der Waals surface area contributed by atoms with E-state index in [1.54, 1.807) is 24.1 Å². The number of rotatable bonds is 6. The number of phenolic OH excluding ortho intramolecular Hbond substituents is 1. The van der Waals surface area contributed by atoms with Crippen LogP contribution in [0.15, 0.2) is 64.0 Å². The summed E-state index contributed by atoms with van der Waals surface area (Å²) in [5, 5.41) is 19.1. The summed E-state index contributed by atoms with van der Waals surface area (Å²) in [7, 11) is 1.65. The van der Waals surface area contributed by atoms with Crippen LogP contribution in [0.25, 0.3) is 21.3 Å². The van der Waals surface area contributed by atoms with Crippen molar-refractivity contribution in [3.8, 4) is 16.3 Å². The van der Waals surface area contributed by atoms with E-state index >= 15 is 0 Å². The maximum absolute atomic E-state index is 10.4. The van der Waals surface area contributed by atoms with Crippen LogP contribution < -0.4 is 4.80 Å². The number of hydrogen-bond donors (Lipinski definition) is 1. The standard InChI is InChI=1S/C21H18ClN3O2S2/c1-27-11-10-23-21-25(17(13-28-21)19-8-9-20(22)29-19)24-12-16-15-5-3-2-4-14(15)6-7-18(16)26/h2-9,12-13,26H,10-11H2,1H3. The zero-order valence-corrected chi connectivity index (χ0v) is 18.0. The molecule has 29 heavy (non-hydrogen) atoms. The normalized spacial score (nSPS) is 12.4. The Morgan fingerprint density at radius 3 is 2.83 bits per heavy atom. The number of methoxy groups -OCH3 is 1. The second kappa shape index (κ2) is 8.92. The summed E-state index contributed by atoms with van der Waals surface area (Å²) in [6.45, 7) is 1.07. The molecule has 0 bridgehead atoms. The Morgan fingerprint density at radius 2 is 2.03 bits per heavy atom. The second-order valence-corrected chi connectivity index (χ2v) is 8.71. The summed E-state index contributed by atoms with van der Waals surface area (Å²) in [6, 6.07) is 15.3. The average molecular weight is 444 g/mol. The van der Waals surface area contributed by atoms with Gasteiger partial charge in [-0.1, -0.05) is 41.9 Å². The third kappa shape index (κ3) is 4.28. The Kier molecular flexibility index (Phi) is 6.10. The summed E-state index contributed by atoms with van der Waals surface area (Å²) in [6.07, 6.45) is 1.68. The number of thiophene rings is 1. The van der Waals surface area contributed by atoms with E-state index in [-0.39, 0.29) is 5.75 Å². The molecule has 148 valence electrons. The van der Waals surface area contributed by atoms with Crippen molar-refractivity contribution in [2.24, 2.45) is 10.1 Å². The number of hydrogen-bond acceptors (Lipinski definition) is 6. The number of benzene rings is 2. The van der Waals surface area contributed by atoms with E-state index in [2.05, 4.69) is 10.1 Å². The van der Waals surface area contributed by atoms with Crippen molar-refractivity contribution in [1.82, 2.24) is 4.68 Å². The minimum atomic E-state index is 0.182. The van der Waals surface area contributed by atoms with Crippen LogP contribution in [0.1, 0.15) is 5.56 Å². The van der Waals surface area contributed by atoms with Gasteiger partial charge >= 0.3 is 0 Å². The van der Waals surface area contributed by atoms with Gasteiger partial charge in [0.2, 0.25) is 4.80 Å². The van der Waals surface area contributed by atoms with Gasteiger partial charge in [-0.3, -0.25) is 4.99 Å². The van der Waals surface area contributed by atoms with Crippen molar-refractivity contribution < 1.29 is 9.84 Å². The molecule has 0 radical (unpaired) electrons. The lowest BCUT2D eigenvalue weighted by molar-refractivity contribution is 0.207. The Balaban J connectivity index is 1.83. The minimum absolute atomic E-state index is 0.182. The third-order valence-electron chi connectivity index (χ3n) is 4.30. The van der Waals surface area contributed by atoms with Gasteiger partial charge in [-0.05, 0) is 29.0 Å². The summed E-state index contributed by atoms with van der Waals surface area (Å²) in [4.78, 5) is 6.34. The highest BCUT2D eigenvalue weighted by molar-refractivity contribution is 7.19. The highest BCUT2D eigenvalue weighted by Crippen LogP contribution is 2.31. The van der Waals surface area contributed by atoms with Crippen molar-refractivity contribution in [1.29, 1.82) is 0 Å². The molecule has 0 aliphatic carbocycles. The van der Waals surface area contributed by atoms with Gasteiger partial charge in [0.1, 0.15) is 5.75 Å². The fraction of sp³-hybridized carbons (Fsp3) is 0.143. The van der Waals surface area contributed by atoms with Crippen LogP contribution in [0.4, 0.5) is 0 Å². The van der Waals surface area contributed by atoms with Crippen molar-refractivity contribution in [3.05, 3.63) is 68.6 Å². The zero-order chi connectivity index (χ0) is 20.2. The summed E-state index contributed by atoms with van der Waals surface area (Å²) in [5.74, 6) is 0.182. The van der Waals surface area contributed by atoms with E-state index in [4.69, 9.17) is 16.3 Å². The number of fused-ring (bicyclic) bond motifs is 1. The zero-order valence-electron chi connectivity index (χ0n) is 15.6. The first-order valence-electron chi connectivity index (χ1n) is 8.88. The lowest BCUT2D eigenvalue weighted by Gasteiger charge is -2.05. The van der Waals surface area contributed by atoms with Crippen molar-refractivity contribution in [2.75, 3.05) is 20.3 Å². The fourth-order valence-corrected chi connectivity index (χ4v) is 4.88. The summed E-state index contributed by atoms with van der Waals surface area (Å²) < 4.78 is 7.60. The van der Waals surface area contributed by atoms with Crippen LogP contribution in [-0.2, 0) is 4.74 Å². The Bertz CT molecular complexity index is 1240. The first kappa shape index (κ1) is 19.8. The molecule has 0 atom stereocenters. The van der Waals surface area contributed by atoms with Crippen LogP contribution >= 0.6 is 34.3 Å². The van der Waals surface area contributed by atoms with Crippen LogP contribution in [0.3, 0.4) is 0 Å². The van der Waals surface area contributed by atoms with Gasteiger partial charge in [-0.25, -0.2) is 4.68 Å². The van der Waals surface area contributed by atoms with Crippen LogP contribution in [-0.4, -0.2) is 36.3 Å². The molecule has 0 saturated heterocycles. The highest BCUT2D eigenvalue weighted by atomic mass is 35.5. The smallest absolute Gasteiger partial charge is 0.206 e. The number of aromatic hydroxyl groups is 1. The first-order valence-corrected chi connectivity index (χ1v) is 11.0. The predicted octanol–water partition coefficient (Wildman–Crippen LogP) is 5.22. The number of halogens is 1. The Hall–Kier alpha value is -2.45. The fourth-order valence-electron chi connectivity index (χ4n) is 2.91. The number of nitrogens with zero attached hydrogens (tertiary/aromatic N) is 3. The SMILES string of the molecule is COCCN=c1scc(-c2ccc(Cl)s2)n1N=Cc1c(O)ccc2ccccc12. The maximum Gasteiger partial charge on any atom is 0.206 e. The van der Waals surface area contributed by atoms with Crippen LogP contribution in [0.2, 0.25) is 4.34 Å². The molecule has 8 heteroatoms. The van der Waals surface area contributed by atoms with Crippen LogP contribution in [0.5, 0.6) is 5.75 Å². The molecule has 0 aliphatic heterocycles. The third-order valence-corrected chi connectivity index (χ3v) is 6.41. The number of phenols is 1. The molecule has 0 unspecified atom stereocenters. The van der Waals surface area contributed by atoms with Gasteiger partial charge in [0, 0.05) is 18.1 Å². The first-order chi connectivity index (χ1) is 14.2. The van der Waals surface area contributed by atoms with Gasteiger partial charge in [0.05, 0.1) is 34.3 Å². The molecule has 2 heterocycles. The average Bonchev–Trinajstić information content (AvgIpc) is 3.33. The minimum Gasteiger partial charge on any atom is -0.507 e. The maximum atomic E-state index is 10.4. The number of aromatic nitrogens is 1. The molecule has 0 saturated carbocycles. The predicted molar refractivity (Wildman–Crippen MR) is 122 cm³/mol. The molecular formula is C21H18ClN3O2S2. The largest absolute Gasteiger partial charge is 0.507 e. The van der Waals surface area contributed by atoms with Gasteiger partial charge in [-0.2, -0.15) is 5.10 Å². The Morgan fingerprint density at radius 1 is 1.17 bits per heavy atom.